The highest BCUT2D eigenvalue weighted by molar-refractivity contribution is 9.10. The van der Waals surface area contributed by atoms with Crippen molar-refractivity contribution in [3.63, 3.8) is 0 Å². The highest BCUT2D eigenvalue weighted by Gasteiger charge is 2.23. The third kappa shape index (κ3) is 4.42. The summed E-state index contributed by atoms with van der Waals surface area (Å²) in [6.45, 7) is 1.14. The van der Waals surface area contributed by atoms with E-state index in [1.807, 2.05) is 6.26 Å². The summed E-state index contributed by atoms with van der Waals surface area (Å²) >= 11 is 4.59. The maximum atomic E-state index is 14.0. The van der Waals surface area contributed by atoms with Gasteiger partial charge in [0.05, 0.1) is 6.61 Å². The molecule has 2 N–H and O–H groups in total. The molecule has 108 valence electrons. The normalized spacial score (nSPS) is 13.5. The number of rotatable bonds is 6. The molecule has 0 fully saturated rings. The van der Waals surface area contributed by atoms with Crippen LogP contribution < -0.4 is 4.72 Å². The number of sulfonamides is 1. The highest BCUT2D eigenvalue weighted by atomic mass is 79.9. The first-order valence-corrected chi connectivity index (χ1v) is 9.09. The van der Waals surface area contributed by atoms with Gasteiger partial charge in [0.25, 0.3) is 0 Å². The Kier molecular flexibility index (Phi) is 6.25. The first-order valence-electron chi connectivity index (χ1n) is 5.42. The van der Waals surface area contributed by atoms with E-state index in [-0.39, 0.29) is 11.6 Å². The van der Waals surface area contributed by atoms with Gasteiger partial charge in [0.2, 0.25) is 10.0 Å². The zero-order valence-corrected chi connectivity index (χ0v) is 13.7. The molecule has 0 amide bonds. The molecule has 1 unspecified atom stereocenters. The fraction of sp³-hybridized carbons (Fsp3) is 0.455. The largest absolute Gasteiger partial charge is 0.392 e. The predicted molar refractivity (Wildman–Crippen MR) is 78.2 cm³/mol. The van der Waals surface area contributed by atoms with E-state index in [4.69, 9.17) is 5.11 Å². The van der Waals surface area contributed by atoms with E-state index in [1.165, 1.54) is 23.9 Å². The van der Waals surface area contributed by atoms with Gasteiger partial charge in [-0.25, -0.2) is 17.5 Å². The van der Waals surface area contributed by atoms with Crippen molar-refractivity contribution in [1.82, 2.24) is 4.72 Å². The zero-order valence-electron chi connectivity index (χ0n) is 10.5. The van der Waals surface area contributed by atoms with Gasteiger partial charge >= 0.3 is 0 Å². The van der Waals surface area contributed by atoms with Gasteiger partial charge in [0, 0.05) is 21.8 Å². The van der Waals surface area contributed by atoms with Crippen molar-refractivity contribution in [3.05, 3.63) is 28.0 Å². The van der Waals surface area contributed by atoms with Gasteiger partial charge in [-0.3, -0.25) is 0 Å². The summed E-state index contributed by atoms with van der Waals surface area (Å²) in [7, 11) is -3.95. The maximum Gasteiger partial charge on any atom is 0.243 e. The summed E-state index contributed by atoms with van der Waals surface area (Å²) in [4.78, 5) is -0.459. The third-order valence-corrected chi connectivity index (χ3v) is 5.19. The molecule has 0 spiro atoms. The lowest BCUT2D eigenvalue weighted by Crippen LogP contribution is -2.34. The molecule has 0 aromatic heterocycles. The fourth-order valence-corrected chi connectivity index (χ4v) is 4.28. The molecule has 0 saturated carbocycles. The average Bonchev–Trinajstić information content (AvgIpc) is 2.31. The molecule has 19 heavy (non-hydrogen) atoms. The minimum atomic E-state index is -3.95. The van der Waals surface area contributed by atoms with Crippen LogP contribution >= 0.6 is 27.7 Å². The van der Waals surface area contributed by atoms with E-state index in [1.54, 1.807) is 6.92 Å². The van der Waals surface area contributed by atoms with Crippen LogP contribution in [0.1, 0.15) is 12.5 Å². The van der Waals surface area contributed by atoms with Crippen molar-refractivity contribution in [2.75, 3.05) is 12.0 Å². The minimum Gasteiger partial charge on any atom is -0.392 e. The van der Waals surface area contributed by atoms with E-state index in [9.17, 15) is 12.8 Å². The topological polar surface area (TPSA) is 66.4 Å². The minimum absolute atomic E-state index is 0.0627. The second-order valence-corrected chi connectivity index (χ2v) is 7.52. The molecule has 1 aromatic rings. The van der Waals surface area contributed by atoms with E-state index in [0.29, 0.717) is 10.2 Å². The summed E-state index contributed by atoms with van der Waals surface area (Å²) in [5.41, 5.74) is -0.0627. The van der Waals surface area contributed by atoms with Crippen LogP contribution in [0.15, 0.2) is 21.5 Å². The third-order valence-electron chi connectivity index (χ3n) is 2.31. The van der Waals surface area contributed by atoms with Gasteiger partial charge in [-0.05, 0) is 25.3 Å². The highest BCUT2D eigenvalue weighted by Crippen LogP contribution is 2.24. The molecule has 0 aliphatic heterocycles. The number of aliphatic hydroxyl groups is 1. The van der Waals surface area contributed by atoms with Crippen LogP contribution in [0.5, 0.6) is 0 Å². The Labute approximate surface area is 125 Å². The maximum absolute atomic E-state index is 14.0. The van der Waals surface area contributed by atoms with E-state index < -0.39 is 27.3 Å². The molecule has 4 nitrogen and oxygen atoms in total. The molecule has 0 heterocycles. The standard InChI is InChI=1S/C11H15BrFNO3S2/c1-7(6-18-2)14-19(16,17)10-4-9(12)3-8(5-15)11(10)13/h3-4,7,14-15H,5-6H2,1-2H3. The lowest BCUT2D eigenvalue weighted by atomic mass is 10.2. The smallest absolute Gasteiger partial charge is 0.243 e. The monoisotopic (exact) mass is 371 g/mol. The Morgan fingerprint density at radius 3 is 2.68 bits per heavy atom. The molecular weight excluding hydrogens is 357 g/mol. The number of aliphatic hydroxyl groups excluding tert-OH is 1. The summed E-state index contributed by atoms with van der Waals surface area (Å²) in [5, 5.41) is 9.02. The van der Waals surface area contributed by atoms with Crippen molar-refractivity contribution in [2.24, 2.45) is 0 Å². The molecule has 1 aromatic carbocycles. The quantitative estimate of drug-likeness (QED) is 0.803. The first-order chi connectivity index (χ1) is 8.81. The van der Waals surface area contributed by atoms with E-state index in [2.05, 4.69) is 20.7 Å². The molecule has 0 bridgehead atoms. The summed E-state index contributed by atoms with van der Waals surface area (Å²) in [6.07, 6.45) is 1.86. The fourth-order valence-electron chi connectivity index (χ4n) is 1.54. The number of thioether (sulfide) groups is 1. The van der Waals surface area contributed by atoms with Crippen molar-refractivity contribution >= 4 is 37.7 Å². The molecule has 0 aliphatic rings. The molecule has 0 saturated heterocycles. The number of halogens is 2. The first kappa shape index (κ1) is 16.9. The number of nitrogens with one attached hydrogen (secondary N) is 1. The van der Waals surface area contributed by atoms with E-state index in [0.717, 1.165) is 0 Å². The van der Waals surface area contributed by atoms with Gasteiger partial charge < -0.3 is 5.11 Å². The van der Waals surface area contributed by atoms with Gasteiger partial charge in [-0.2, -0.15) is 11.8 Å². The molecule has 0 radical (unpaired) electrons. The summed E-state index contributed by atoms with van der Waals surface area (Å²) in [6, 6.07) is 2.22. The van der Waals surface area contributed by atoms with Crippen LogP contribution in [0.3, 0.4) is 0 Å². The van der Waals surface area contributed by atoms with Crippen molar-refractivity contribution in [1.29, 1.82) is 0 Å². The summed E-state index contributed by atoms with van der Waals surface area (Å²) < 4.78 is 41.0. The van der Waals surface area contributed by atoms with Crippen LogP contribution in [0.4, 0.5) is 4.39 Å². The van der Waals surface area contributed by atoms with Crippen LogP contribution in [0, 0.1) is 5.82 Å². The SMILES string of the molecule is CSCC(C)NS(=O)(=O)c1cc(Br)cc(CO)c1F. The summed E-state index contributed by atoms with van der Waals surface area (Å²) in [5.74, 6) is -0.337. The van der Waals surface area contributed by atoms with Crippen LogP contribution in [-0.2, 0) is 16.6 Å². The Balaban J connectivity index is 3.18. The zero-order chi connectivity index (χ0) is 14.6. The number of benzene rings is 1. The van der Waals surface area contributed by atoms with Crippen LogP contribution in [0.2, 0.25) is 0 Å². The Hall–Kier alpha value is -0.150. The second kappa shape index (κ2) is 7.03. The van der Waals surface area contributed by atoms with Gasteiger partial charge in [0.15, 0.2) is 0 Å². The Morgan fingerprint density at radius 1 is 1.53 bits per heavy atom. The van der Waals surface area contributed by atoms with Gasteiger partial charge in [-0.15, -0.1) is 0 Å². The van der Waals surface area contributed by atoms with Crippen molar-refractivity contribution in [2.45, 2.75) is 24.5 Å². The van der Waals surface area contributed by atoms with Gasteiger partial charge in [-0.1, -0.05) is 15.9 Å². The Bertz CT molecular complexity index is 551. The van der Waals surface area contributed by atoms with E-state index >= 15 is 0 Å². The number of hydrogen-bond donors (Lipinski definition) is 2. The lowest BCUT2D eigenvalue weighted by molar-refractivity contribution is 0.274. The lowest BCUT2D eigenvalue weighted by Gasteiger charge is -2.14. The Morgan fingerprint density at radius 2 is 2.16 bits per heavy atom. The van der Waals surface area contributed by atoms with Crippen molar-refractivity contribution < 1.29 is 17.9 Å². The second-order valence-electron chi connectivity index (χ2n) is 4.01. The van der Waals surface area contributed by atoms with Crippen LogP contribution in [-0.4, -0.2) is 31.6 Å². The number of hydrogen-bond acceptors (Lipinski definition) is 4. The molecular formula is C11H15BrFNO3S2. The molecule has 1 atom stereocenters. The molecule has 8 heteroatoms. The molecule has 1 rings (SSSR count). The van der Waals surface area contributed by atoms with Crippen molar-refractivity contribution in [3.8, 4) is 0 Å². The predicted octanol–water partition coefficient (Wildman–Crippen LogP) is 2.11. The van der Waals surface area contributed by atoms with Crippen LogP contribution in [0.25, 0.3) is 0 Å². The molecule has 0 aliphatic carbocycles. The average molecular weight is 372 g/mol. The van der Waals surface area contributed by atoms with Gasteiger partial charge in [0.1, 0.15) is 10.7 Å².